The minimum atomic E-state index is -0.458. The van der Waals surface area contributed by atoms with E-state index in [1.807, 2.05) is 35.9 Å². The van der Waals surface area contributed by atoms with Gasteiger partial charge in [-0.1, -0.05) is 26.0 Å². The first-order valence-corrected chi connectivity index (χ1v) is 11.1. The van der Waals surface area contributed by atoms with Gasteiger partial charge >= 0.3 is 0 Å². The average Bonchev–Trinajstić information content (AvgIpc) is 3.36. The number of hydrogen-bond donors (Lipinski definition) is 1. The molecule has 2 heterocycles. The standard InChI is InChI=1S/C25H30N4O4/c1-15(2)23(24-26-18-8-6-7-9-19(18)28(24)3)27-25(31)16-12-22(30)29(14-16)20-11-10-17(32-4)13-21(20)33-5/h6-11,13,15-16,23H,12,14H2,1-5H3,(H,27,31)/t16-,23+/m0/s1. The van der Waals surface area contributed by atoms with Crippen molar-refractivity contribution in [1.82, 2.24) is 14.9 Å². The maximum Gasteiger partial charge on any atom is 0.227 e. The molecule has 0 radical (unpaired) electrons. The lowest BCUT2D eigenvalue weighted by atomic mass is 10.0. The van der Waals surface area contributed by atoms with Crippen molar-refractivity contribution in [2.24, 2.45) is 18.9 Å². The summed E-state index contributed by atoms with van der Waals surface area (Å²) in [6.07, 6.45) is 0.147. The van der Waals surface area contributed by atoms with Crippen LogP contribution in [0.25, 0.3) is 11.0 Å². The zero-order valence-electron chi connectivity index (χ0n) is 19.7. The minimum Gasteiger partial charge on any atom is -0.497 e. The molecule has 2 aromatic carbocycles. The fraction of sp³-hybridized carbons (Fsp3) is 0.400. The van der Waals surface area contributed by atoms with Gasteiger partial charge in [0.2, 0.25) is 11.8 Å². The van der Waals surface area contributed by atoms with Crippen molar-refractivity contribution in [1.29, 1.82) is 0 Å². The Kier molecular flexibility index (Phi) is 6.26. The number of ether oxygens (including phenoxy) is 2. The van der Waals surface area contributed by atoms with Crippen LogP contribution in [0, 0.1) is 11.8 Å². The highest BCUT2D eigenvalue weighted by Crippen LogP contribution is 2.36. The van der Waals surface area contributed by atoms with Crippen LogP contribution in [0.4, 0.5) is 5.69 Å². The van der Waals surface area contributed by atoms with Gasteiger partial charge in [0.15, 0.2) is 0 Å². The third-order valence-electron chi connectivity index (χ3n) is 6.24. The van der Waals surface area contributed by atoms with Gasteiger partial charge in [0, 0.05) is 26.1 Å². The number of carbonyl (C=O) groups excluding carboxylic acids is 2. The molecule has 33 heavy (non-hydrogen) atoms. The fourth-order valence-electron chi connectivity index (χ4n) is 4.37. The molecule has 3 aromatic rings. The van der Waals surface area contributed by atoms with Gasteiger partial charge in [-0.15, -0.1) is 0 Å². The third kappa shape index (κ3) is 4.25. The van der Waals surface area contributed by atoms with E-state index in [-0.39, 0.29) is 30.2 Å². The molecule has 1 N–H and O–H groups in total. The molecule has 8 heteroatoms. The highest BCUT2D eigenvalue weighted by Gasteiger charge is 2.38. The van der Waals surface area contributed by atoms with Gasteiger partial charge in [-0.3, -0.25) is 9.59 Å². The maximum atomic E-state index is 13.3. The molecule has 0 saturated carbocycles. The predicted molar refractivity (Wildman–Crippen MR) is 126 cm³/mol. The number of methoxy groups -OCH3 is 2. The molecular weight excluding hydrogens is 420 g/mol. The van der Waals surface area contributed by atoms with E-state index in [1.54, 1.807) is 37.3 Å². The lowest BCUT2D eigenvalue weighted by Gasteiger charge is -2.24. The molecule has 1 aliphatic rings. The quantitative estimate of drug-likeness (QED) is 0.596. The first kappa shape index (κ1) is 22.6. The van der Waals surface area contributed by atoms with Crippen molar-refractivity contribution in [3.63, 3.8) is 0 Å². The number of nitrogens with one attached hydrogen (secondary N) is 1. The van der Waals surface area contributed by atoms with Crippen LogP contribution in [-0.4, -0.2) is 42.1 Å². The lowest BCUT2D eigenvalue weighted by Crippen LogP contribution is -2.38. The van der Waals surface area contributed by atoms with Crippen molar-refractivity contribution in [3.05, 3.63) is 48.3 Å². The Hall–Kier alpha value is -3.55. The topological polar surface area (TPSA) is 85.7 Å². The summed E-state index contributed by atoms with van der Waals surface area (Å²) < 4.78 is 12.7. The summed E-state index contributed by atoms with van der Waals surface area (Å²) in [5, 5.41) is 3.16. The van der Waals surface area contributed by atoms with E-state index in [2.05, 4.69) is 19.2 Å². The Morgan fingerprint density at radius 1 is 1.15 bits per heavy atom. The zero-order chi connectivity index (χ0) is 23.7. The fourth-order valence-corrected chi connectivity index (χ4v) is 4.37. The second kappa shape index (κ2) is 9.13. The second-order valence-electron chi connectivity index (χ2n) is 8.69. The minimum absolute atomic E-state index is 0.109. The second-order valence-corrected chi connectivity index (χ2v) is 8.69. The lowest BCUT2D eigenvalue weighted by molar-refractivity contribution is -0.127. The SMILES string of the molecule is COc1ccc(N2C[C@@H](C(=O)N[C@@H](c3nc4ccccc4n3C)C(C)C)CC2=O)c(OC)c1. The number of anilines is 1. The van der Waals surface area contributed by atoms with E-state index in [0.717, 1.165) is 16.9 Å². The molecule has 0 aliphatic carbocycles. The molecule has 2 atom stereocenters. The van der Waals surface area contributed by atoms with Crippen molar-refractivity contribution in [2.75, 3.05) is 25.7 Å². The van der Waals surface area contributed by atoms with Gasteiger partial charge in [-0.2, -0.15) is 0 Å². The van der Waals surface area contributed by atoms with E-state index in [1.165, 1.54) is 0 Å². The number of rotatable bonds is 7. The molecule has 174 valence electrons. The molecule has 1 saturated heterocycles. The molecule has 0 spiro atoms. The molecule has 8 nitrogen and oxygen atoms in total. The smallest absolute Gasteiger partial charge is 0.227 e. The zero-order valence-corrected chi connectivity index (χ0v) is 19.7. The van der Waals surface area contributed by atoms with Crippen LogP contribution in [0.15, 0.2) is 42.5 Å². The van der Waals surface area contributed by atoms with Crippen LogP contribution in [0.5, 0.6) is 11.5 Å². The van der Waals surface area contributed by atoms with Crippen LogP contribution >= 0.6 is 0 Å². The molecule has 2 amide bonds. The number of aromatic nitrogens is 2. The van der Waals surface area contributed by atoms with Crippen LogP contribution in [0.1, 0.15) is 32.1 Å². The third-order valence-corrected chi connectivity index (χ3v) is 6.24. The monoisotopic (exact) mass is 450 g/mol. The summed E-state index contributed by atoms with van der Waals surface area (Å²) in [5.41, 5.74) is 2.54. The summed E-state index contributed by atoms with van der Waals surface area (Å²) in [6, 6.07) is 12.9. The van der Waals surface area contributed by atoms with Crippen LogP contribution < -0.4 is 19.7 Å². The summed E-state index contributed by atoms with van der Waals surface area (Å²) in [5.74, 6) is 1.38. The number of carbonyl (C=O) groups is 2. The Morgan fingerprint density at radius 3 is 2.58 bits per heavy atom. The molecular formula is C25H30N4O4. The number of nitrogens with zero attached hydrogens (tertiary/aromatic N) is 3. The Balaban J connectivity index is 1.54. The van der Waals surface area contributed by atoms with E-state index >= 15 is 0 Å². The molecule has 4 rings (SSSR count). The number of para-hydroxylation sites is 2. The Labute approximate surface area is 193 Å². The Bertz CT molecular complexity index is 1190. The predicted octanol–water partition coefficient (Wildman–Crippen LogP) is 3.46. The molecule has 1 aliphatic heterocycles. The maximum absolute atomic E-state index is 13.3. The van der Waals surface area contributed by atoms with Crippen molar-refractivity contribution >= 4 is 28.5 Å². The molecule has 0 unspecified atom stereocenters. The van der Waals surface area contributed by atoms with Gasteiger partial charge in [-0.05, 0) is 30.2 Å². The van der Waals surface area contributed by atoms with Gasteiger partial charge in [0.05, 0.1) is 42.9 Å². The Morgan fingerprint density at radius 2 is 1.91 bits per heavy atom. The largest absolute Gasteiger partial charge is 0.497 e. The number of fused-ring (bicyclic) bond motifs is 1. The molecule has 1 aromatic heterocycles. The van der Waals surface area contributed by atoms with Gasteiger partial charge < -0.3 is 24.3 Å². The first-order chi connectivity index (χ1) is 15.8. The van der Waals surface area contributed by atoms with Crippen LogP contribution in [0.3, 0.4) is 0 Å². The van der Waals surface area contributed by atoms with Crippen molar-refractivity contribution in [3.8, 4) is 11.5 Å². The van der Waals surface area contributed by atoms with Crippen LogP contribution in [-0.2, 0) is 16.6 Å². The molecule has 1 fully saturated rings. The highest BCUT2D eigenvalue weighted by molar-refractivity contribution is 6.01. The number of aryl methyl sites for hydroxylation is 1. The number of imidazole rings is 1. The highest BCUT2D eigenvalue weighted by atomic mass is 16.5. The normalized spacial score (nSPS) is 17.0. The summed E-state index contributed by atoms with van der Waals surface area (Å²) in [7, 11) is 5.08. The van der Waals surface area contributed by atoms with Crippen molar-refractivity contribution < 1.29 is 19.1 Å². The summed E-state index contributed by atoms with van der Waals surface area (Å²) in [4.78, 5) is 32.5. The van der Waals surface area contributed by atoms with Crippen molar-refractivity contribution in [2.45, 2.75) is 26.3 Å². The van der Waals surface area contributed by atoms with E-state index in [0.29, 0.717) is 23.7 Å². The summed E-state index contributed by atoms with van der Waals surface area (Å²) >= 11 is 0. The number of amides is 2. The van der Waals surface area contributed by atoms with Gasteiger partial charge in [0.25, 0.3) is 0 Å². The molecule has 0 bridgehead atoms. The first-order valence-electron chi connectivity index (χ1n) is 11.1. The van der Waals surface area contributed by atoms with E-state index < -0.39 is 5.92 Å². The van der Waals surface area contributed by atoms with E-state index in [9.17, 15) is 9.59 Å². The van der Waals surface area contributed by atoms with Crippen LogP contribution in [0.2, 0.25) is 0 Å². The number of benzene rings is 2. The van der Waals surface area contributed by atoms with Gasteiger partial charge in [-0.25, -0.2) is 4.98 Å². The number of hydrogen-bond acceptors (Lipinski definition) is 5. The average molecular weight is 451 g/mol. The summed E-state index contributed by atoms with van der Waals surface area (Å²) in [6.45, 7) is 4.40. The van der Waals surface area contributed by atoms with E-state index in [4.69, 9.17) is 14.5 Å². The van der Waals surface area contributed by atoms with Gasteiger partial charge in [0.1, 0.15) is 17.3 Å².